The van der Waals surface area contributed by atoms with Crippen LogP contribution in [0.3, 0.4) is 0 Å². The van der Waals surface area contributed by atoms with Gasteiger partial charge >= 0.3 is 0 Å². The van der Waals surface area contributed by atoms with Crippen LogP contribution in [0.15, 0.2) is 73.1 Å². The molecule has 0 saturated carbocycles. The number of anilines is 1. The summed E-state index contributed by atoms with van der Waals surface area (Å²) in [7, 11) is 1.75. The van der Waals surface area contributed by atoms with E-state index < -0.39 is 0 Å². The van der Waals surface area contributed by atoms with Crippen LogP contribution in [0.1, 0.15) is 13.3 Å². The number of amides is 1. The van der Waals surface area contributed by atoms with E-state index in [-0.39, 0.29) is 5.91 Å². The molecule has 2 aromatic heterocycles. The molecule has 2 aromatic carbocycles. The minimum atomic E-state index is -0.0719. The van der Waals surface area contributed by atoms with Gasteiger partial charge in [0.2, 0.25) is 5.91 Å². The largest absolute Gasteiger partial charge is 0.457 e. The van der Waals surface area contributed by atoms with E-state index in [1.165, 1.54) is 6.33 Å². The first-order chi connectivity index (χ1) is 16.0. The Bertz CT molecular complexity index is 1280. The number of fused-ring (bicyclic) bond motifs is 1. The second-order valence-corrected chi connectivity index (χ2v) is 7.65. The zero-order valence-electron chi connectivity index (χ0n) is 18.7. The highest BCUT2D eigenvalue weighted by Crippen LogP contribution is 2.32. The number of carbonyl (C=O) groups is 1. The van der Waals surface area contributed by atoms with Crippen LogP contribution in [0, 0.1) is 0 Å². The summed E-state index contributed by atoms with van der Waals surface area (Å²) in [6, 6.07) is 17.2. The fourth-order valence-corrected chi connectivity index (χ4v) is 3.46. The van der Waals surface area contributed by atoms with E-state index in [1.807, 2.05) is 61.5 Å². The zero-order chi connectivity index (χ0) is 23.4. The highest BCUT2D eigenvalue weighted by atomic mass is 16.5. The highest BCUT2D eigenvalue weighted by Gasteiger charge is 2.18. The normalized spacial score (nSPS) is 10.8. The van der Waals surface area contributed by atoms with Gasteiger partial charge in [0, 0.05) is 24.7 Å². The van der Waals surface area contributed by atoms with Crippen LogP contribution in [0.5, 0.6) is 11.5 Å². The second kappa shape index (κ2) is 9.52. The number of nitrogens with zero attached hydrogens (tertiary/aromatic N) is 5. The van der Waals surface area contributed by atoms with Crippen molar-refractivity contribution >= 4 is 22.8 Å². The molecule has 4 rings (SSSR count). The Balaban J connectivity index is 1.60. The fourth-order valence-electron chi connectivity index (χ4n) is 3.46. The SMILES string of the molecule is C=C(CC)C(=O)N(C)CCn1nc(-c2ccc(Oc3ccccc3)cc2)c2c(N)ncnc21. The first kappa shape index (κ1) is 22.0. The molecule has 2 N–H and O–H groups in total. The number of para-hydroxylation sites is 1. The number of benzene rings is 2. The number of nitrogens with two attached hydrogens (primary N) is 1. The topological polar surface area (TPSA) is 99.2 Å². The van der Waals surface area contributed by atoms with Gasteiger partial charge in [-0.3, -0.25) is 4.79 Å². The Morgan fingerprint density at radius 3 is 2.48 bits per heavy atom. The lowest BCUT2D eigenvalue weighted by molar-refractivity contribution is -0.126. The average Bonchev–Trinajstić information content (AvgIpc) is 3.22. The number of hydrogen-bond acceptors (Lipinski definition) is 6. The third kappa shape index (κ3) is 4.69. The predicted molar refractivity (Wildman–Crippen MR) is 129 cm³/mol. The summed E-state index contributed by atoms with van der Waals surface area (Å²) < 4.78 is 7.64. The third-order valence-corrected chi connectivity index (χ3v) is 5.39. The summed E-state index contributed by atoms with van der Waals surface area (Å²) in [6.07, 6.45) is 2.04. The van der Waals surface area contributed by atoms with Gasteiger partial charge in [-0.2, -0.15) is 5.10 Å². The van der Waals surface area contributed by atoms with Gasteiger partial charge in [0.25, 0.3) is 0 Å². The fraction of sp³-hybridized carbons (Fsp3) is 0.200. The van der Waals surface area contributed by atoms with Crippen molar-refractivity contribution in [2.75, 3.05) is 19.3 Å². The number of hydrogen-bond donors (Lipinski definition) is 1. The summed E-state index contributed by atoms with van der Waals surface area (Å²) in [5, 5.41) is 5.44. The molecule has 0 saturated heterocycles. The van der Waals surface area contributed by atoms with Crippen molar-refractivity contribution in [1.29, 1.82) is 0 Å². The van der Waals surface area contributed by atoms with E-state index in [0.29, 0.717) is 53.4 Å². The Kier molecular flexibility index (Phi) is 6.35. The molecule has 2 heterocycles. The molecule has 0 spiro atoms. The van der Waals surface area contributed by atoms with E-state index in [2.05, 4.69) is 16.5 Å². The molecule has 1 amide bonds. The number of ether oxygens (including phenoxy) is 1. The molecule has 8 heteroatoms. The lowest BCUT2D eigenvalue weighted by Gasteiger charge is -2.18. The Morgan fingerprint density at radius 2 is 1.79 bits per heavy atom. The molecule has 0 aliphatic heterocycles. The average molecular weight is 443 g/mol. The third-order valence-electron chi connectivity index (χ3n) is 5.39. The van der Waals surface area contributed by atoms with E-state index in [0.717, 1.165) is 11.3 Å². The van der Waals surface area contributed by atoms with Gasteiger partial charge in [-0.15, -0.1) is 0 Å². The minimum Gasteiger partial charge on any atom is -0.457 e. The van der Waals surface area contributed by atoms with Crippen molar-refractivity contribution in [3.05, 3.63) is 73.1 Å². The Hall–Kier alpha value is -4.20. The monoisotopic (exact) mass is 442 g/mol. The number of nitrogen functional groups attached to an aromatic ring is 1. The van der Waals surface area contributed by atoms with Crippen LogP contribution >= 0.6 is 0 Å². The van der Waals surface area contributed by atoms with Crippen molar-refractivity contribution in [1.82, 2.24) is 24.6 Å². The molecule has 0 atom stereocenters. The second-order valence-electron chi connectivity index (χ2n) is 7.65. The lowest BCUT2D eigenvalue weighted by atomic mass is 10.1. The van der Waals surface area contributed by atoms with Crippen LogP contribution < -0.4 is 10.5 Å². The maximum atomic E-state index is 12.3. The summed E-state index contributed by atoms with van der Waals surface area (Å²) >= 11 is 0. The van der Waals surface area contributed by atoms with Gasteiger partial charge in [0.15, 0.2) is 5.65 Å². The minimum absolute atomic E-state index is 0.0719. The van der Waals surface area contributed by atoms with Crippen molar-refractivity contribution in [2.45, 2.75) is 19.9 Å². The number of rotatable bonds is 8. The molecular formula is C25H26N6O2. The molecule has 0 fully saturated rings. The van der Waals surface area contributed by atoms with E-state index in [9.17, 15) is 4.79 Å². The van der Waals surface area contributed by atoms with E-state index in [1.54, 1.807) is 16.6 Å². The van der Waals surface area contributed by atoms with Crippen molar-refractivity contribution in [3.63, 3.8) is 0 Å². The quantitative estimate of drug-likeness (QED) is 0.409. The van der Waals surface area contributed by atoms with E-state index >= 15 is 0 Å². The number of likely N-dealkylation sites (N-methyl/N-ethyl adjacent to an activating group) is 1. The van der Waals surface area contributed by atoms with Crippen LogP contribution in [0.2, 0.25) is 0 Å². The van der Waals surface area contributed by atoms with Gasteiger partial charge in [-0.05, 0) is 42.8 Å². The standard InChI is InChI=1S/C25H26N6O2/c1-4-17(2)25(32)30(3)14-15-31-24-21(23(26)27-16-28-24)22(29-31)18-10-12-20(13-11-18)33-19-8-6-5-7-9-19/h5-13,16H,2,4,14-15H2,1,3H3,(H2,26,27,28). The summed E-state index contributed by atoms with van der Waals surface area (Å²) in [5.74, 6) is 1.77. The highest BCUT2D eigenvalue weighted by molar-refractivity contribution is 5.98. The molecule has 0 aliphatic carbocycles. The van der Waals surface area contributed by atoms with Crippen molar-refractivity contribution in [2.24, 2.45) is 0 Å². The van der Waals surface area contributed by atoms with E-state index in [4.69, 9.17) is 15.6 Å². The molecule has 8 nitrogen and oxygen atoms in total. The van der Waals surface area contributed by atoms with Gasteiger partial charge in [-0.25, -0.2) is 14.6 Å². The molecule has 0 bridgehead atoms. The molecule has 33 heavy (non-hydrogen) atoms. The molecule has 0 unspecified atom stereocenters. The van der Waals surface area contributed by atoms with Gasteiger partial charge in [-0.1, -0.05) is 31.7 Å². The summed E-state index contributed by atoms with van der Waals surface area (Å²) in [6.45, 7) is 6.66. The molecule has 4 aromatic rings. The van der Waals surface area contributed by atoms with Crippen LogP contribution in [0.4, 0.5) is 5.82 Å². The lowest BCUT2D eigenvalue weighted by Crippen LogP contribution is -2.31. The maximum absolute atomic E-state index is 12.3. The van der Waals surface area contributed by atoms with Gasteiger partial charge < -0.3 is 15.4 Å². The maximum Gasteiger partial charge on any atom is 0.248 e. The van der Waals surface area contributed by atoms with Gasteiger partial charge in [0.05, 0.1) is 11.9 Å². The summed E-state index contributed by atoms with van der Waals surface area (Å²) in [4.78, 5) is 22.5. The molecule has 168 valence electrons. The van der Waals surface area contributed by atoms with Crippen LogP contribution in [-0.2, 0) is 11.3 Å². The van der Waals surface area contributed by atoms with Crippen LogP contribution in [0.25, 0.3) is 22.3 Å². The summed E-state index contributed by atoms with van der Waals surface area (Å²) in [5.41, 5.74) is 8.94. The number of carbonyl (C=O) groups excluding carboxylic acids is 1. The smallest absolute Gasteiger partial charge is 0.248 e. The van der Waals surface area contributed by atoms with Crippen molar-refractivity contribution < 1.29 is 9.53 Å². The van der Waals surface area contributed by atoms with Crippen molar-refractivity contribution in [3.8, 4) is 22.8 Å². The number of aromatic nitrogens is 4. The van der Waals surface area contributed by atoms with Crippen LogP contribution in [-0.4, -0.2) is 44.1 Å². The molecular weight excluding hydrogens is 416 g/mol. The molecule has 0 radical (unpaired) electrons. The first-order valence-corrected chi connectivity index (χ1v) is 10.7. The predicted octanol–water partition coefficient (Wildman–Crippen LogP) is 4.29. The Labute approximate surface area is 192 Å². The molecule has 0 aliphatic rings. The Morgan fingerprint density at radius 1 is 1.09 bits per heavy atom. The van der Waals surface area contributed by atoms with Gasteiger partial charge in [0.1, 0.15) is 29.3 Å². The first-order valence-electron chi connectivity index (χ1n) is 10.7. The zero-order valence-corrected chi connectivity index (χ0v) is 18.7.